The number of hydrogen-bond donors (Lipinski definition) is 0. The number of nitrogens with zero attached hydrogens (tertiary/aromatic N) is 3. The Balaban J connectivity index is 2.02. The van der Waals surface area contributed by atoms with Gasteiger partial charge in [0.1, 0.15) is 0 Å². The lowest BCUT2D eigenvalue weighted by molar-refractivity contribution is 0.154. The topological polar surface area (TPSA) is 21.1 Å². The largest absolute Gasteiger partial charge is 0.294 e. The lowest BCUT2D eigenvalue weighted by Crippen LogP contribution is -2.38. The summed E-state index contributed by atoms with van der Waals surface area (Å²) < 4.78 is 2.03. The van der Waals surface area contributed by atoms with Gasteiger partial charge in [0.15, 0.2) is 0 Å². The first kappa shape index (κ1) is 14.1. The van der Waals surface area contributed by atoms with Crippen molar-refractivity contribution in [2.45, 2.75) is 51.6 Å². The minimum atomic E-state index is 0.770. The van der Waals surface area contributed by atoms with Gasteiger partial charge in [0.25, 0.3) is 0 Å². The molecule has 1 aliphatic rings. The zero-order valence-corrected chi connectivity index (χ0v) is 13.1. The first-order chi connectivity index (χ1) is 8.70. The smallest absolute Gasteiger partial charge is 0.0597 e. The van der Waals surface area contributed by atoms with Crippen LogP contribution in [0.3, 0.4) is 0 Å². The summed E-state index contributed by atoms with van der Waals surface area (Å²) in [6, 6.07) is 2.98. The number of aryl methyl sites for hydroxylation is 2. The van der Waals surface area contributed by atoms with Crippen LogP contribution >= 0.6 is 15.9 Å². The predicted molar refractivity (Wildman–Crippen MR) is 79.0 cm³/mol. The van der Waals surface area contributed by atoms with E-state index in [1.807, 2.05) is 4.68 Å². The highest BCUT2D eigenvalue weighted by atomic mass is 79.9. The Morgan fingerprint density at radius 2 is 2.11 bits per heavy atom. The molecular weight excluding hydrogens is 290 g/mol. The average Bonchev–Trinajstić information content (AvgIpc) is 2.68. The summed E-state index contributed by atoms with van der Waals surface area (Å²) in [7, 11) is 2.05. The highest BCUT2D eigenvalue weighted by molar-refractivity contribution is 9.09. The van der Waals surface area contributed by atoms with E-state index in [2.05, 4.69) is 46.0 Å². The number of aromatic nitrogens is 2. The number of alkyl halides is 1. The van der Waals surface area contributed by atoms with Crippen molar-refractivity contribution in [2.24, 2.45) is 7.05 Å². The SMILES string of the molecule is Cc1cc(CN(CCBr)C2CCCCC2)n(C)n1. The van der Waals surface area contributed by atoms with Crippen LogP contribution in [0.5, 0.6) is 0 Å². The Morgan fingerprint density at radius 1 is 1.39 bits per heavy atom. The molecular formula is C14H24BrN3. The third kappa shape index (κ3) is 3.58. The molecule has 0 saturated heterocycles. The van der Waals surface area contributed by atoms with Gasteiger partial charge in [0, 0.05) is 31.5 Å². The highest BCUT2D eigenvalue weighted by Crippen LogP contribution is 2.24. The van der Waals surface area contributed by atoms with Crippen LogP contribution < -0.4 is 0 Å². The van der Waals surface area contributed by atoms with E-state index in [1.165, 1.54) is 37.8 Å². The van der Waals surface area contributed by atoms with E-state index in [-0.39, 0.29) is 0 Å². The van der Waals surface area contributed by atoms with Gasteiger partial charge in [-0.1, -0.05) is 35.2 Å². The molecule has 0 bridgehead atoms. The van der Waals surface area contributed by atoms with E-state index in [0.29, 0.717) is 0 Å². The van der Waals surface area contributed by atoms with Crippen molar-refractivity contribution in [1.29, 1.82) is 0 Å². The predicted octanol–water partition coefficient (Wildman–Crippen LogP) is 3.26. The summed E-state index contributed by atoms with van der Waals surface area (Å²) >= 11 is 3.59. The van der Waals surface area contributed by atoms with Gasteiger partial charge < -0.3 is 0 Å². The highest BCUT2D eigenvalue weighted by Gasteiger charge is 2.21. The monoisotopic (exact) mass is 313 g/mol. The van der Waals surface area contributed by atoms with Crippen LogP contribution in [0, 0.1) is 6.92 Å². The molecule has 2 rings (SSSR count). The van der Waals surface area contributed by atoms with E-state index < -0.39 is 0 Å². The maximum absolute atomic E-state index is 4.45. The van der Waals surface area contributed by atoms with Crippen molar-refractivity contribution in [3.8, 4) is 0 Å². The van der Waals surface area contributed by atoms with Gasteiger partial charge in [-0.3, -0.25) is 9.58 Å². The maximum atomic E-state index is 4.45. The van der Waals surface area contributed by atoms with Gasteiger partial charge in [-0.2, -0.15) is 5.10 Å². The van der Waals surface area contributed by atoms with Crippen LogP contribution in [0.25, 0.3) is 0 Å². The first-order valence-electron chi connectivity index (χ1n) is 7.00. The minimum Gasteiger partial charge on any atom is -0.294 e. The minimum absolute atomic E-state index is 0.770. The van der Waals surface area contributed by atoms with E-state index >= 15 is 0 Å². The van der Waals surface area contributed by atoms with Crippen molar-refractivity contribution in [2.75, 3.05) is 11.9 Å². The molecule has 1 aromatic heterocycles. The molecule has 0 spiro atoms. The van der Waals surface area contributed by atoms with E-state index in [1.54, 1.807) is 0 Å². The van der Waals surface area contributed by atoms with Gasteiger partial charge >= 0.3 is 0 Å². The molecule has 3 nitrogen and oxygen atoms in total. The van der Waals surface area contributed by atoms with Crippen LogP contribution in [0.15, 0.2) is 6.07 Å². The van der Waals surface area contributed by atoms with Crippen molar-refractivity contribution in [3.05, 3.63) is 17.5 Å². The summed E-state index contributed by atoms with van der Waals surface area (Å²) in [4.78, 5) is 2.63. The normalized spacial score (nSPS) is 17.6. The average molecular weight is 314 g/mol. The van der Waals surface area contributed by atoms with Crippen molar-refractivity contribution >= 4 is 15.9 Å². The van der Waals surface area contributed by atoms with Gasteiger partial charge in [0.05, 0.1) is 11.4 Å². The summed E-state index contributed by atoms with van der Waals surface area (Å²) in [5.74, 6) is 0. The second-order valence-electron chi connectivity index (χ2n) is 5.35. The van der Waals surface area contributed by atoms with E-state index in [4.69, 9.17) is 0 Å². The number of halogens is 1. The Morgan fingerprint density at radius 3 is 2.67 bits per heavy atom. The van der Waals surface area contributed by atoms with Gasteiger partial charge in [0.2, 0.25) is 0 Å². The van der Waals surface area contributed by atoms with Gasteiger partial charge in [-0.05, 0) is 25.8 Å². The summed E-state index contributed by atoms with van der Waals surface area (Å²) in [6.07, 6.45) is 6.94. The summed E-state index contributed by atoms with van der Waals surface area (Å²) in [6.45, 7) is 4.24. The van der Waals surface area contributed by atoms with Gasteiger partial charge in [-0.25, -0.2) is 0 Å². The molecule has 0 N–H and O–H groups in total. The van der Waals surface area contributed by atoms with E-state index in [0.717, 1.165) is 30.2 Å². The summed E-state index contributed by atoms with van der Waals surface area (Å²) in [5.41, 5.74) is 2.45. The second kappa shape index (κ2) is 6.71. The summed E-state index contributed by atoms with van der Waals surface area (Å²) in [5, 5.41) is 5.50. The molecule has 0 unspecified atom stereocenters. The zero-order valence-electron chi connectivity index (χ0n) is 11.5. The van der Waals surface area contributed by atoms with Crippen LogP contribution in [-0.2, 0) is 13.6 Å². The Hall–Kier alpha value is -0.350. The molecule has 102 valence electrons. The second-order valence-corrected chi connectivity index (χ2v) is 6.14. The molecule has 0 radical (unpaired) electrons. The Bertz CT molecular complexity index is 369. The van der Waals surface area contributed by atoms with Crippen molar-refractivity contribution in [1.82, 2.24) is 14.7 Å². The number of hydrogen-bond acceptors (Lipinski definition) is 2. The molecule has 4 heteroatoms. The lowest BCUT2D eigenvalue weighted by Gasteiger charge is -2.33. The molecule has 0 aliphatic heterocycles. The maximum Gasteiger partial charge on any atom is 0.0597 e. The third-order valence-corrected chi connectivity index (χ3v) is 4.28. The molecule has 0 amide bonds. The molecule has 1 aromatic rings. The Kier molecular flexibility index (Phi) is 5.25. The molecule has 0 aromatic carbocycles. The van der Waals surface area contributed by atoms with Crippen LogP contribution in [-0.4, -0.2) is 32.6 Å². The number of rotatable bonds is 5. The first-order valence-corrected chi connectivity index (χ1v) is 8.12. The molecule has 1 saturated carbocycles. The lowest BCUT2D eigenvalue weighted by atomic mass is 9.94. The van der Waals surface area contributed by atoms with Crippen LogP contribution in [0.1, 0.15) is 43.5 Å². The van der Waals surface area contributed by atoms with Crippen LogP contribution in [0.4, 0.5) is 0 Å². The molecule has 1 heterocycles. The van der Waals surface area contributed by atoms with Crippen molar-refractivity contribution in [3.63, 3.8) is 0 Å². The molecule has 0 atom stereocenters. The quantitative estimate of drug-likeness (QED) is 0.778. The Labute approximate surface area is 119 Å². The molecule has 1 aliphatic carbocycles. The van der Waals surface area contributed by atoms with Crippen molar-refractivity contribution < 1.29 is 0 Å². The zero-order chi connectivity index (χ0) is 13.0. The third-order valence-electron chi connectivity index (χ3n) is 3.93. The van der Waals surface area contributed by atoms with E-state index in [9.17, 15) is 0 Å². The molecule has 1 fully saturated rings. The fraction of sp³-hybridized carbons (Fsp3) is 0.786. The van der Waals surface area contributed by atoms with Gasteiger partial charge in [-0.15, -0.1) is 0 Å². The standard InChI is InChI=1S/C14H24BrN3/c1-12-10-14(17(2)16-12)11-18(9-8-15)13-6-4-3-5-7-13/h10,13H,3-9,11H2,1-2H3. The fourth-order valence-electron chi connectivity index (χ4n) is 2.97. The molecule has 18 heavy (non-hydrogen) atoms. The van der Waals surface area contributed by atoms with Crippen LogP contribution in [0.2, 0.25) is 0 Å². The fourth-order valence-corrected chi connectivity index (χ4v) is 3.42.